The van der Waals surface area contributed by atoms with Crippen molar-refractivity contribution in [3.8, 4) is 0 Å². The minimum absolute atomic E-state index is 0.00442. The van der Waals surface area contributed by atoms with Crippen LogP contribution < -0.4 is 5.73 Å². The summed E-state index contributed by atoms with van der Waals surface area (Å²) >= 11 is 0. The van der Waals surface area contributed by atoms with Crippen molar-refractivity contribution in [3.63, 3.8) is 0 Å². The summed E-state index contributed by atoms with van der Waals surface area (Å²) in [4.78, 5) is 12.4. The monoisotopic (exact) mass is 205 g/mol. The molecule has 0 unspecified atom stereocenters. The van der Waals surface area contributed by atoms with Crippen LogP contribution in [0.2, 0.25) is 0 Å². The maximum absolute atomic E-state index is 5.57. The van der Waals surface area contributed by atoms with Gasteiger partial charge in [-0.1, -0.05) is 6.92 Å². The van der Waals surface area contributed by atoms with Crippen molar-refractivity contribution in [2.75, 3.05) is 5.73 Å². The molecular formula is C10H15N5. The Morgan fingerprint density at radius 1 is 1.40 bits per heavy atom. The highest BCUT2D eigenvalue weighted by molar-refractivity contribution is 5.70. The van der Waals surface area contributed by atoms with Gasteiger partial charge in [-0.2, -0.15) is 4.98 Å². The molecule has 5 heteroatoms. The first-order chi connectivity index (χ1) is 7.04. The molecule has 0 bridgehead atoms. The zero-order chi connectivity index (χ0) is 11.1. The molecule has 0 fully saturated rings. The second-order valence-corrected chi connectivity index (χ2v) is 4.22. The van der Waals surface area contributed by atoms with Gasteiger partial charge in [0.2, 0.25) is 5.95 Å². The molecule has 2 N–H and O–H groups in total. The fraction of sp³-hybridized carbons (Fsp3) is 0.500. The molecular weight excluding hydrogens is 190 g/mol. The molecule has 15 heavy (non-hydrogen) atoms. The van der Waals surface area contributed by atoms with Crippen molar-refractivity contribution in [1.29, 1.82) is 0 Å². The van der Waals surface area contributed by atoms with Crippen molar-refractivity contribution in [3.05, 3.63) is 12.5 Å². The third-order valence-electron chi connectivity index (χ3n) is 2.83. The number of aromatic nitrogens is 4. The van der Waals surface area contributed by atoms with E-state index in [1.807, 2.05) is 4.57 Å². The third kappa shape index (κ3) is 1.54. The highest BCUT2D eigenvalue weighted by atomic mass is 15.2. The summed E-state index contributed by atoms with van der Waals surface area (Å²) in [5, 5.41) is 0. The SMILES string of the molecule is CCC(C)(C)n1cnc2cnc(N)nc21. The summed E-state index contributed by atoms with van der Waals surface area (Å²) in [6, 6.07) is 0. The fourth-order valence-corrected chi connectivity index (χ4v) is 1.44. The zero-order valence-corrected chi connectivity index (χ0v) is 9.23. The normalized spacial score (nSPS) is 12.2. The molecule has 2 rings (SSSR count). The van der Waals surface area contributed by atoms with Crippen molar-refractivity contribution < 1.29 is 0 Å². The summed E-state index contributed by atoms with van der Waals surface area (Å²) < 4.78 is 2.04. The van der Waals surface area contributed by atoms with E-state index >= 15 is 0 Å². The summed E-state index contributed by atoms with van der Waals surface area (Å²) in [6.45, 7) is 6.43. The average Bonchev–Trinajstić information content (AvgIpc) is 2.61. The Kier molecular flexibility index (Phi) is 2.10. The van der Waals surface area contributed by atoms with Crippen LogP contribution in [0.3, 0.4) is 0 Å². The van der Waals surface area contributed by atoms with Crippen LogP contribution in [0.4, 0.5) is 5.95 Å². The molecule has 2 aromatic heterocycles. The maximum Gasteiger partial charge on any atom is 0.222 e. The number of nitrogens with two attached hydrogens (primary N) is 1. The maximum atomic E-state index is 5.57. The van der Waals surface area contributed by atoms with Gasteiger partial charge in [0, 0.05) is 5.54 Å². The molecule has 5 nitrogen and oxygen atoms in total. The molecule has 0 atom stereocenters. The quantitative estimate of drug-likeness (QED) is 0.807. The van der Waals surface area contributed by atoms with E-state index in [9.17, 15) is 0 Å². The number of imidazole rings is 1. The summed E-state index contributed by atoms with van der Waals surface area (Å²) in [6.07, 6.45) is 4.45. The van der Waals surface area contributed by atoms with Crippen molar-refractivity contribution in [2.24, 2.45) is 0 Å². The lowest BCUT2D eigenvalue weighted by atomic mass is 10.0. The van der Waals surface area contributed by atoms with Crippen LogP contribution in [-0.2, 0) is 5.54 Å². The van der Waals surface area contributed by atoms with Crippen LogP contribution >= 0.6 is 0 Å². The number of hydrogen-bond donors (Lipinski definition) is 1. The number of nitrogens with zero attached hydrogens (tertiary/aromatic N) is 4. The number of nitrogen functional groups attached to an aromatic ring is 1. The van der Waals surface area contributed by atoms with E-state index in [4.69, 9.17) is 5.73 Å². The van der Waals surface area contributed by atoms with Crippen LogP contribution in [0.15, 0.2) is 12.5 Å². The van der Waals surface area contributed by atoms with Crippen LogP contribution in [0, 0.1) is 0 Å². The molecule has 0 saturated heterocycles. The lowest BCUT2D eigenvalue weighted by Crippen LogP contribution is -2.24. The van der Waals surface area contributed by atoms with E-state index in [2.05, 4.69) is 35.7 Å². The number of hydrogen-bond acceptors (Lipinski definition) is 4. The van der Waals surface area contributed by atoms with Crippen LogP contribution in [0.5, 0.6) is 0 Å². The molecule has 0 radical (unpaired) electrons. The second-order valence-electron chi connectivity index (χ2n) is 4.22. The van der Waals surface area contributed by atoms with Gasteiger partial charge in [-0.3, -0.25) is 0 Å². The van der Waals surface area contributed by atoms with Gasteiger partial charge in [-0.05, 0) is 20.3 Å². The molecule has 0 saturated carbocycles. The Labute approximate surface area is 88.4 Å². The first kappa shape index (κ1) is 9.89. The first-order valence-corrected chi connectivity index (χ1v) is 5.00. The van der Waals surface area contributed by atoms with E-state index in [1.165, 1.54) is 0 Å². The Bertz CT molecular complexity index is 486. The van der Waals surface area contributed by atoms with E-state index in [1.54, 1.807) is 12.5 Å². The summed E-state index contributed by atoms with van der Waals surface area (Å²) in [5.74, 6) is 0.288. The van der Waals surface area contributed by atoms with Gasteiger partial charge in [-0.15, -0.1) is 0 Å². The van der Waals surface area contributed by atoms with Crippen molar-refractivity contribution in [2.45, 2.75) is 32.7 Å². The molecule has 0 aliphatic carbocycles. The molecule has 2 aromatic rings. The second kappa shape index (κ2) is 3.18. The predicted octanol–water partition coefficient (Wildman–Crippen LogP) is 1.55. The molecule has 0 aliphatic rings. The van der Waals surface area contributed by atoms with Gasteiger partial charge in [0.25, 0.3) is 0 Å². The summed E-state index contributed by atoms with van der Waals surface area (Å²) in [7, 11) is 0. The molecule has 2 heterocycles. The molecule has 0 spiro atoms. The van der Waals surface area contributed by atoms with E-state index in [0.29, 0.717) is 0 Å². The van der Waals surface area contributed by atoms with Gasteiger partial charge in [0.1, 0.15) is 5.52 Å². The standard InChI is InChI=1S/C10H15N5/c1-4-10(2,3)15-6-13-7-5-12-9(11)14-8(7)15/h5-6H,4H2,1-3H3,(H2,11,12,14). The minimum atomic E-state index is -0.00442. The lowest BCUT2D eigenvalue weighted by Gasteiger charge is -2.24. The molecule has 80 valence electrons. The zero-order valence-electron chi connectivity index (χ0n) is 9.23. The Hall–Kier alpha value is -1.65. The number of anilines is 1. The van der Waals surface area contributed by atoms with Gasteiger partial charge < -0.3 is 10.3 Å². The van der Waals surface area contributed by atoms with Crippen molar-refractivity contribution >= 4 is 17.1 Å². The van der Waals surface area contributed by atoms with E-state index < -0.39 is 0 Å². The molecule has 0 amide bonds. The average molecular weight is 205 g/mol. The fourth-order valence-electron chi connectivity index (χ4n) is 1.44. The number of fused-ring (bicyclic) bond motifs is 1. The molecule has 0 aromatic carbocycles. The van der Waals surface area contributed by atoms with E-state index in [-0.39, 0.29) is 11.5 Å². The van der Waals surface area contributed by atoms with Gasteiger partial charge in [-0.25, -0.2) is 9.97 Å². The third-order valence-corrected chi connectivity index (χ3v) is 2.83. The highest BCUT2D eigenvalue weighted by Gasteiger charge is 2.20. The van der Waals surface area contributed by atoms with Crippen molar-refractivity contribution in [1.82, 2.24) is 19.5 Å². The van der Waals surface area contributed by atoms with E-state index in [0.717, 1.165) is 17.6 Å². The topological polar surface area (TPSA) is 69.6 Å². The van der Waals surface area contributed by atoms with Crippen LogP contribution in [0.25, 0.3) is 11.2 Å². The molecule has 0 aliphatic heterocycles. The van der Waals surface area contributed by atoms with Gasteiger partial charge >= 0.3 is 0 Å². The van der Waals surface area contributed by atoms with Crippen LogP contribution in [-0.4, -0.2) is 19.5 Å². The minimum Gasteiger partial charge on any atom is -0.368 e. The van der Waals surface area contributed by atoms with Gasteiger partial charge in [0.15, 0.2) is 5.65 Å². The number of rotatable bonds is 2. The van der Waals surface area contributed by atoms with Gasteiger partial charge in [0.05, 0.1) is 12.5 Å². The highest BCUT2D eigenvalue weighted by Crippen LogP contribution is 2.23. The Balaban J connectivity index is 2.67. The summed E-state index contributed by atoms with van der Waals surface area (Å²) in [5.41, 5.74) is 7.15. The lowest BCUT2D eigenvalue weighted by molar-refractivity contribution is 0.350. The Morgan fingerprint density at radius 2 is 2.13 bits per heavy atom. The largest absolute Gasteiger partial charge is 0.368 e. The smallest absolute Gasteiger partial charge is 0.222 e. The predicted molar refractivity (Wildman–Crippen MR) is 59.3 cm³/mol. The van der Waals surface area contributed by atoms with Crippen LogP contribution in [0.1, 0.15) is 27.2 Å². The first-order valence-electron chi connectivity index (χ1n) is 5.00. The Morgan fingerprint density at radius 3 is 2.80 bits per heavy atom.